The first-order valence-electron chi connectivity index (χ1n) is 10.7. The number of hydrogen-bond donors (Lipinski definition) is 1. The van der Waals surface area contributed by atoms with Crippen LogP contribution in [0.25, 0.3) is 0 Å². The fourth-order valence-corrected chi connectivity index (χ4v) is 6.15. The minimum Gasteiger partial charge on any atom is -0.496 e. The van der Waals surface area contributed by atoms with E-state index in [9.17, 15) is 13.2 Å². The van der Waals surface area contributed by atoms with E-state index in [1.807, 2.05) is 0 Å². The van der Waals surface area contributed by atoms with E-state index in [-0.39, 0.29) is 13.2 Å². The van der Waals surface area contributed by atoms with E-state index in [1.54, 1.807) is 84.9 Å². The van der Waals surface area contributed by atoms with Gasteiger partial charge in [0.15, 0.2) is 10.9 Å². The lowest BCUT2D eigenvalue weighted by Gasteiger charge is -2.36. The molecule has 0 bridgehead atoms. The highest BCUT2D eigenvalue weighted by molar-refractivity contribution is 7.88. The van der Waals surface area contributed by atoms with Crippen molar-refractivity contribution in [1.82, 2.24) is 0 Å². The highest BCUT2D eigenvalue weighted by Gasteiger charge is 2.53. The van der Waals surface area contributed by atoms with Gasteiger partial charge in [-0.3, -0.25) is 9.07 Å². The number of para-hydroxylation sites is 1. The molecular formula is C25H24O9S. The van der Waals surface area contributed by atoms with E-state index >= 15 is 0 Å². The summed E-state index contributed by atoms with van der Waals surface area (Å²) in [6.45, 7) is -0.246. The maximum atomic E-state index is 14.4. The Kier molecular flexibility index (Phi) is 7.37. The van der Waals surface area contributed by atoms with Gasteiger partial charge in [0.25, 0.3) is 10.1 Å². The molecule has 1 heterocycles. The fourth-order valence-electron chi connectivity index (χ4n) is 4.21. The van der Waals surface area contributed by atoms with Crippen molar-refractivity contribution in [2.75, 3.05) is 20.3 Å². The van der Waals surface area contributed by atoms with Gasteiger partial charge in [0.05, 0.1) is 20.3 Å². The molecule has 35 heavy (non-hydrogen) atoms. The van der Waals surface area contributed by atoms with Crippen LogP contribution in [0.4, 0.5) is 4.79 Å². The minimum atomic E-state index is -4.57. The molecule has 0 spiro atoms. The quantitative estimate of drug-likeness (QED) is 0.203. The van der Waals surface area contributed by atoms with Crippen LogP contribution in [0.1, 0.15) is 16.7 Å². The Morgan fingerprint density at radius 2 is 1.43 bits per heavy atom. The largest absolute Gasteiger partial charge is 0.537 e. The van der Waals surface area contributed by atoms with Gasteiger partial charge in [-0.1, -0.05) is 78.9 Å². The highest BCUT2D eigenvalue weighted by atomic mass is 32.2. The second-order valence-corrected chi connectivity index (χ2v) is 9.44. The molecule has 1 saturated heterocycles. The van der Waals surface area contributed by atoms with Crippen molar-refractivity contribution in [1.29, 1.82) is 0 Å². The number of carboxylic acid groups (broad SMARTS) is 1. The smallest absolute Gasteiger partial charge is 0.496 e. The van der Waals surface area contributed by atoms with Crippen molar-refractivity contribution in [3.05, 3.63) is 102 Å². The highest BCUT2D eigenvalue weighted by Crippen LogP contribution is 2.48. The summed E-state index contributed by atoms with van der Waals surface area (Å²) in [7, 11) is -3.11. The Balaban J connectivity index is 1.93. The Morgan fingerprint density at radius 3 is 2.00 bits per heavy atom. The number of hydrogen-bond acceptors (Lipinski definition) is 8. The predicted molar refractivity (Wildman–Crippen MR) is 124 cm³/mol. The summed E-state index contributed by atoms with van der Waals surface area (Å²) in [6, 6.07) is 24.1. The predicted octanol–water partition coefficient (Wildman–Crippen LogP) is 3.73. The monoisotopic (exact) mass is 500 g/mol. The van der Waals surface area contributed by atoms with Gasteiger partial charge < -0.3 is 14.6 Å². The van der Waals surface area contributed by atoms with Crippen molar-refractivity contribution >= 4 is 16.3 Å². The van der Waals surface area contributed by atoms with Crippen molar-refractivity contribution in [2.45, 2.75) is 17.0 Å². The Bertz CT molecular complexity index is 1210. The zero-order valence-electron chi connectivity index (χ0n) is 18.8. The summed E-state index contributed by atoms with van der Waals surface area (Å²) in [4.78, 5) is 19.8. The van der Waals surface area contributed by atoms with Crippen LogP contribution in [-0.2, 0) is 33.6 Å². The van der Waals surface area contributed by atoms with E-state index in [0.29, 0.717) is 22.4 Å². The van der Waals surface area contributed by atoms with Gasteiger partial charge >= 0.3 is 6.16 Å². The fraction of sp³-hybridized carbons (Fsp3) is 0.240. The summed E-state index contributed by atoms with van der Waals surface area (Å²) in [5, 5.41) is 8.76. The van der Waals surface area contributed by atoms with Crippen LogP contribution in [0.3, 0.4) is 0 Å². The minimum absolute atomic E-state index is 0.105. The number of ether oxygens (including phenoxy) is 2. The van der Waals surface area contributed by atoms with Gasteiger partial charge in [0, 0.05) is 5.56 Å². The maximum absolute atomic E-state index is 14.4. The van der Waals surface area contributed by atoms with Crippen LogP contribution >= 0.6 is 0 Å². The molecule has 2 unspecified atom stereocenters. The van der Waals surface area contributed by atoms with Crippen LogP contribution in [0.5, 0.6) is 5.75 Å². The first-order valence-corrected chi connectivity index (χ1v) is 12.1. The first kappa shape index (κ1) is 24.7. The van der Waals surface area contributed by atoms with Gasteiger partial charge in [-0.25, -0.2) is 4.79 Å². The first-order chi connectivity index (χ1) is 16.9. The average molecular weight is 501 g/mol. The second-order valence-electron chi connectivity index (χ2n) is 7.72. The molecule has 3 aromatic carbocycles. The van der Waals surface area contributed by atoms with E-state index in [2.05, 4.69) is 4.89 Å². The van der Waals surface area contributed by atoms with E-state index in [4.69, 9.17) is 23.7 Å². The van der Waals surface area contributed by atoms with Crippen molar-refractivity contribution < 1.29 is 41.8 Å². The number of benzene rings is 3. The summed E-state index contributed by atoms with van der Waals surface area (Å²) < 4.78 is 43.7. The van der Waals surface area contributed by atoms with Crippen LogP contribution in [-0.4, -0.2) is 52.2 Å². The topological polar surface area (TPSA) is 118 Å². The third kappa shape index (κ3) is 4.73. The Labute approximate surface area is 202 Å². The number of methoxy groups -OCH3 is 1. The molecule has 0 amide bonds. The molecule has 184 valence electrons. The molecule has 0 aromatic heterocycles. The second kappa shape index (κ2) is 10.4. The number of carbonyl (C=O) groups is 1. The third-order valence-electron chi connectivity index (χ3n) is 5.69. The van der Waals surface area contributed by atoms with Crippen LogP contribution in [0.2, 0.25) is 0 Å². The molecule has 0 aliphatic carbocycles. The average Bonchev–Trinajstić information content (AvgIpc) is 3.30. The zero-order chi connectivity index (χ0) is 24.9. The van der Waals surface area contributed by atoms with Gasteiger partial charge in [0.2, 0.25) is 0 Å². The molecule has 1 aliphatic rings. The van der Waals surface area contributed by atoms with E-state index < -0.39 is 33.2 Å². The third-order valence-corrected chi connectivity index (χ3v) is 7.64. The molecule has 0 radical (unpaired) electrons. The zero-order valence-corrected chi connectivity index (χ0v) is 19.6. The summed E-state index contributed by atoms with van der Waals surface area (Å²) in [5.41, 5.74) is 1.20. The van der Waals surface area contributed by atoms with Crippen molar-refractivity contribution in [3.63, 3.8) is 0 Å². The molecule has 2 atom stereocenters. The molecule has 0 saturated carbocycles. The summed E-state index contributed by atoms with van der Waals surface area (Å²) in [5.74, 6) is 0.345. The summed E-state index contributed by atoms with van der Waals surface area (Å²) in [6.07, 6.45) is -3.90. The Hall–Kier alpha value is -3.44. The SMILES string of the molecule is COc1ccccc1C(c1ccccc1)(c1ccccc1)S(=O)(=O)OC1COCC1OOC(=O)O. The molecule has 1 fully saturated rings. The normalized spacial score (nSPS) is 18.2. The van der Waals surface area contributed by atoms with Gasteiger partial charge in [-0.15, -0.1) is 0 Å². The van der Waals surface area contributed by atoms with Crippen LogP contribution < -0.4 is 4.74 Å². The summed E-state index contributed by atoms with van der Waals surface area (Å²) >= 11 is 0. The lowest BCUT2D eigenvalue weighted by molar-refractivity contribution is -0.291. The van der Waals surface area contributed by atoms with Crippen molar-refractivity contribution in [3.8, 4) is 5.75 Å². The van der Waals surface area contributed by atoms with Gasteiger partial charge in [-0.05, 0) is 17.2 Å². The molecule has 4 rings (SSSR count). The standard InChI is InChI=1S/C25H24O9S/c1-30-21-15-9-8-14-20(21)25(18-10-4-2-5-11-18,19-12-6-3-7-13-19)35(28,29)34-23-17-31-16-22(23)32-33-24(26)27/h2-15,22-23H,16-17H2,1H3,(H,26,27). The molecule has 9 nitrogen and oxygen atoms in total. The molecule has 1 aliphatic heterocycles. The molecule has 3 aromatic rings. The van der Waals surface area contributed by atoms with Crippen molar-refractivity contribution in [2.24, 2.45) is 0 Å². The van der Waals surface area contributed by atoms with E-state index in [1.165, 1.54) is 7.11 Å². The molecule has 10 heteroatoms. The number of rotatable bonds is 9. The van der Waals surface area contributed by atoms with Crippen LogP contribution in [0.15, 0.2) is 84.9 Å². The Morgan fingerprint density at radius 1 is 0.886 bits per heavy atom. The van der Waals surface area contributed by atoms with Crippen LogP contribution in [0, 0.1) is 0 Å². The lowest BCUT2D eigenvalue weighted by atomic mass is 9.83. The molecule has 1 N–H and O–H groups in total. The van der Waals surface area contributed by atoms with E-state index in [0.717, 1.165) is 0 Å². The van der Waals surface area contributed by atoms with Gasteiger partial charge in [0.1, 0.15) is 11.9 Å². The van der Waals surface area contributed by atoms with Gasteiger partial charge in [-0.2, -0.15) is 13.3 Å². The lowest BCUT2D eigenvalue weighted by Crippen LogP contribution is -2.44. The maximum Gasteiger partial charge on any atom is 0.537 e. The molecular weight excluding hydrogens is 476 g/mol.